The standard InChI is InChI=1S/C11H14FN3O3/c1-7(4-5-13)11(16)14-10-3-2-8(15(17)18)6-9(10)12/h2-3,6-7H,4-5,13H2,1H3,(H,14,16). The van der Waals surface area contributed by atoms with Crippen molar-refractivity contribution in [3.8, 4) is 0 Å². The molecule has 6 nitrogen and oxygen atoms in total. The van der Waals surface area contributed by atoms with Crippen molar-refractivity contribution in [2.24, 2.45) is 11.7 Å². The van der Waals surface area contributed by atoms with Crippen LogP contribution in [-0.4, -0.2) is 17.4 Å². The number of anilines is 1. The van der Waals surface area contributed by atoms with E-state index in [4.69, 9.17) is 5.73 Å². The molecule has 1 aromatic rings. The number of nitro groups is 1. The molecule has 0 aliphatic rings. The molecule has 0 aliphatic carbocycles. The van der Waals surface area contributed by atoms with Gasteiger partial charge in [-0.15, -0.1) is 0 Å². The van der Waals surface area contributed by atoms with Crippen molar-refractivity contribution in [2.75, 3.05) is 11.9 Å². The summed E-state index contributed by atoms with van der Waals surface area (Å²) in [4.78, 5) is 21.3. The van der Waals surface area contributed by atoms with Gasteiger partial charge in [0.05, 0.1) is 16.7 Å². The van der Waals surface area contributed by atoms with Gasteiger partial charge in [-0.2, -0.15) is 0 Å². The van der Waals surface area contributed by atoms with Gasteiger partial charge in [0.15, 0.2) is 5.82 Å². The second-order valence-electron chi connectivity index (χ2n) is 3.89. The molecule has 0 heterocycles. The number of nitrogens with zero attached hydrogens (tertiary/aromatic N) is 1. The average Bonchev–Trinajstić information content (AvgIpc) is 2.31. The van der Waals surface area contributed by atoms with Crippen LogP contribution in [0.2, 0.25) is 0 Å². The van der Waals surface area contributed by atoms with Crippen molar-refractivity contribution in [3.63, 3.8) is 0 Å². The van der Waals surface area contributed by atoms with Crippen LogP contribution in [0.4, 0.5) is 15.8 Å². The van der Waals surface area contributed by atoms with Gasteiger partial charge in [-0.1, -0.05) is 6.92 Å². The van der Waals surface area contributed by atoms with Crippen molar-refractivity contribution in [1.29, 1.82) is 0 Å². The Morgan fingerprint density at radius 3 is 2.78 bits per heavy atom. The number of benzene rings is 1. The Labute approximate surface area is 103 Å². The minimum Gasteiger partial charge on any atom is -0.330 e. The van der Waals surface area contributed by atoms with Crippen molar-refractivity contribution in [1.82, 2.24) is 0 Å². The molecule has 1 amide bonds. The molecular formula is C11H14FN3O3. The highest BCUT2D eigenvalue weighted by Gasteiger charge is 2.16. The molecule has 7 heteroatoms. The van der Waals surface area contributed by atoms with Crippen molar-refractivity contribution in [3.05, 3.63) is 34.1 Å². The Hall–Kier alpha value is -2.02. The molecule has 0 radical (unpaired) electrons. The number of carbonyl (C=O) groups excluding carboxylic acids is 1. The molecule has 3 N–H and O–H groups in total. The molecule has 98 valence electrons. The van der Waals surface area contributed by atoms with E-state index in [0.29, 0.717) is 13.0 Å². The summed E-state index contributed by atoms with van der Waals surface area (Å²) in [6.45, 7) is 2.03. The number of nitrogens with one attached hydrogen (secondary N) is 1. The smallest absolute Gasteiger partial charge is 0.272 e. The highest BCUT2D eigenvalue weighted by molar-refractivity contribution is 5.92. The fraction of sp³-hybridized carbons (Fsp3) is 0.364. The highest BCUT2D eigenvalue weighted by atomic mass is 19.1. The zero-order valence-corrected chi connectivity index (χ0v) is 9.85. The van der Waals surface area contributed by atoms with Crippen LogP contribution in [0.25, 0.3) is 0 Å². The largest absolute Gasteiger partial charge is 0.330 e. The van der Waals surface area contributed by atoms with E-state index in [9.17, 15) is 19.3 Å². The Morgan fingerprint density at radius 1 is 1.61 bits per heavy atom. The normalized spacial score (nSPS) is 11.9. The van der Waals surface area contributed by atoms with Gasteiger partial charge in [-0.3, -0.25) is 14.9 Å². The third-order valence-corrected chi connectivity index (χ3v) is 2.47. The quantitative estimate of drug-likeness (QED) is 0.617. The zero-order chi connectivity index (χ0) is 13.7. The summed E-state index contributed by atoms with van der Waals surface area (Å²) >= 11 is 0. The maximum absolute atomic E-state index is 13.5. The Bertz CT molecular complexity index is 465. The number of hydrogen-bond acceptors (Lipinski definition) is 4. The lowest BCUT2D eigenvalue weighted by Crippen LogP contribution is -2.23. The number of hydrogen-bond donors (Lipinski definition) is 2. The van der Waals surface area contributed by atoms with E-state index < -0.39 is 10.7 Å². The predicted octanol–water partition coefficient (Wildman–Crippen LogP) is 1.66. The van der Waals surface area contributed by atoms with E-state index in [1.807, 2.05) is 0 Å². The number of halogens is 1. The fourth-order valence-electron chi connectivity index (χ4n) is 1.36. The summed E-state index contributed by atoms with van der Waals surface area (Å²) in [6, 6.07) is 3.07. The zero-order valence-electron chi connectivity index (χ0n) is 9.85. The number of carbonyl (C=O) groups is 1. The molecule has 0 spiro atoms. The van der Waals surface area contributed by atoms with Gasteiger partial charge in [0.25, 0.3) is 5.69 Å². The first-order valence-electron chi connectivity index (χ1n) is 5.40. The van der Waals surface area contributed by atoms with Crippen molar-refractivity contribution >= 4 is 17.3 Å². The van der Waals surface area contributed by atoms with Crippen molar-refractivity contribution < 1.29 is 14.1 Å². The Morgan fingerprint density at radius 2 is 2.28 bits per heavy atom. The molecule has 1 unspecified atom stereocenters. The molecule has 0 aliphatic heterocycles. The van der Waals surface area contributed by atoms with E-state index in [2.05, 4.69) is 5.32 Å². The maximum Gasteiger partial charge on any atom is 0.272 e. The summed E-state index contributed by atoms with van der Waals surface area (Å²) in [5, 5.41) is 12.8. The van der Waals surface area contributed by atoms with Crippen molar-refractivity contribution in [2.45, 2.75) is 13.3 Å². The lowest BCUT2D eigenvalue weighted by molar-refractivity contribution is -0.385. The molecule has 18 heavy (non-hydrogen) atoms. The van der Waals surface area contributed by atoms with E-state index in [0.717, 1.165) is 12.1 Å². The van der Waals surface area contributed by atoms with E-state index >= 15 is 0 Å². The first-order valence-corrected chi connectivity index (χ1v) is 5.40. The third kappa shape index (κ3) is 3.49. The summed E-state index contributed by atoms with van der Waals surface area (Å²) in [6.07, 6.45) is 0.487. The summed E-state index contributed by atoms with van der Waals surface area (Å²) in [5.74, 6) is -1.55. The fourth-order valence-corrected chi connectivity index (χ4v) is 1.36. The van der Waals surface area contributed by atoms with Crippen LogP contribution in [0.1, 0.15) is 13.3 Å². The average molecular weight is 255 g/mol. The summed E-state index contributed by atoms with van der Waals surface area (Å²) < 4.78 is 13.5. The van der Waals surface area contributed by atoms with E-state index in [-0.39, 0.29) is 23.2 Å². The van der Waals surface area contributed by atoms with E-state index in [1.165, 1.54) is 6.07 Å². The summed E-state index contributed by atoms with van der Waals surface area (Å²) in [7, 11) is 0. The van der Waals surface area contributed by atoms with Crippen LogP contribution in [0.15, 0.2) is 18.2 Å². The monoisotopic (exact) mass is 255 g/mol. The highest BCUT2D eigenvalue weighted by Crippen LogP contribution is 2.21. The van der Waals surface area contributed by atoms with Gasteiger partial charge < -0.3 is 11.1 Å². The van der Waals surface area contributed by atoms with Crippen LogP contribution in [0.5, 0.6) is 0 Å². The SMILES string of the molecule is CC(CCN)C(=O)Nc1ccc([N+](=O)[O-])cc1F. The molecule has 0 saturated heterocycles. The maximum atomic E-state index is 13.5. The number of nitrogens with two attached hydrogens (primary N) is 1. The van der Waals surface area contributed by atoms with Gasteiger partial charge in [0.2, 0.25) is 5.91 Å². The van der Waals surface area contributed by atoms with Gasteiger partial charge >= 0.3 is 0 Å². The van der Waals surface area contributed by atoms with Crippen LogP contribution < -0.4 is 11.1 Å². The topological polar surface area (TPSA) is 98.3 Å². The molecular weight excluding hydrogens is 241 g/mol. The van der Waals surface area contributed by atoms with Crippen LogP contribution in [-0.2, 0) is 4.79 Å². The van der Waals surface area contributed by atoms with Gasteiger partial charge in [-0.05, 0) is 19.0 Å². The first kappa shape index (κ1) is 14.0. The number of amides is 1. The lowest BCUT2D eigenvalue weighted by atomic mass is 10.1. The number of rotatable bonds is 5. The summed E-state index contributed by atoms with van der Waals surface area (Å²) in [5.41, 5.74) is 4.88. The molecule has 0 saturated carbocycles. The lowest BCUT2D eigenvalue weighted by Gasteiger charge is -2.11. The second-order valence-corrected chi connectivity index (χ2v) is 3.89. The van der Waals surface area contributed by atoms with Gasteiger partial charge in [0.1, 0.15) is 0 Å². The van der Waals surface area contributed by atoms with Gasteiger partial charge in [0, 0.05) is 12.0 Å². The third-order valence-electron chi connectivity index (χ3n) is 2.47. The van der Waals surface area contributed by atoms with Crippen LogP contribution in [0, 0.1) is 21.8 Å². The number of nitro benzene ring substituents is 1. The molecule has 0 fully saturated rings. The molecule has 0 bridgehead atoms. The molecule has 1 rings (SSSR count). The Balaban J connectivity index is 2.79. The van der Waals surface area contributed by atoms with Gasteiger partial charge in [-0.25, -0.2) is 4.39 Å². The molecule has 1 aromatic carbocycles. The molecule has 0 aromatic heterocycles. The minimum absolute atomic E-state index is 0.0746. The molecule has 1 atom stereocenters. The minimum atomic E-state index is -0.836. The second kappa shape index (κ2) is 6.06. The Kier molecular flexibility index (Phi) is 4.73. The van der Waals surface area contributed by atoms with Crippen LogP contribution >= 0.6 is 0 Å². The first-order chi connectivity index (χ1) is 8.45. The predicted molar refractivity (Wildman–Crippen MR) is 64.5 cm³/mol. The van der Waals surface area contributed by atoms with Crippen LogP contribution in [0.3, 0.4) is 0 Å². The van der Waals surface area contributed by atoms with E-state index in [1.54, 1.807) is 6.92 Å². The number of non-ortho nitro benzene ring substituents is 1.